The molecular weight excluding hydrogens is 454 g/mol. The summed E-state index contributed by atoms with van der Waals surface area (Å²) in [6, 6.07) is 8.53. The Morgan fingerprint density at radius 2 is 2.03 bits per heavy atom. The van der Waals surface area contributed by atoms with E-state index in [1.807, 2.05) is 11.4 Å². The number of fused-ring (bicyclic) bond motifs is 2. The van der Waals surface area contributed by atoms with Crippen LogP contribution in [0.1, 0.15) is 52.1 Å². The minimum atomic E-state index is -0.310. The lowest BCUT2D eigenvalue weighted by molar-refractivity contribution is -0.134. The van der Waals surface area contributed by atoms with Crippen LogP contribution >= 0.6 is 11.3 Å². The van der Waals surface area contributed by atoms with Crippen LogP contribution in [0.25, 0.3) is 0 Å². The Bertz CT molecular complexity index is 1070. The number of hydrogen-bond donors (Lipinski definition) is 2. The monoisotopic (exact) mass is 483 g/mol. The third-order valence-electron chi connectivity index (χ3n) is 6.71. The van der Waals surface area contributed by atoms with Crippen molar-refractivity contribution in [2.24, 2.45) is 5.92 Å². The van der Waals surface area contributed by atoms with Gasteiger partial charge in [-0.1, -0.05) is 6.07 Å². The number of carbonyl (C=O) groups excluding carboxylic acids is 3. The number of nitrogens with zero attached hydrogens (tertiary/aromatic N) is 1. The molecule has 9 heteroatoms. The van der Waals surface area contributed by atoms with Crippen LogP contribution in [-0.4, -0.2) is 61.1 Å². The number of rotatable bonds is 6. The van der Waals surface area contributed by atoms with Crippen LogP contribution in [0, 0.1) is 5.92 Å². The number of likely N-dealkylation sites (N-methyl/N-ethyl adjacent to an activating group) is 1. The van der Waals surface area contributed by atoms with E-state index < -0.39 is 0 Å². The van der Waals surface area contributed by atoms with Gasteiger partial charge in [-0.2, -0.15) is 0 Å². The van der Waals surface area contributed by atoms with E-state index >= 15 is 0 Å². The van der Waals surface area contributed by atoms with Crippen LogP contribution in [0.3, 0.4) is 0 Å². The maximum Gasteiger partial charge on any atom is 0.265 e. The molecule has 0 unspecified atom stereocenters. The molecule has 2 fully saturated rings. The van der Waals surface area contributed by atoms with Crippen molar-refractivity contribution in [3.05, 3.63) is 46.2 Å². The first-order valence-electron chi connectivity index (χ1n) is 11.8. The lowest BCUT2D eigenvalue weighted by atomic mass is 9.94. The number of anilines is 1. The fraction of sp³-hybridized carbons (Fsp3) is 0.480. The van der Waals surface area contributed by atoms with Crippen molar-refractivity contribution >= 4 is 34.7 Å². The third-order valence-corrected chi connectivity index (χ3v) is 7.58. The molecule has 5 rings (SSSR count). The van der Waals surface area contributed by atoms with Crippen molar-refractivity contribution in [1.82, 2.24) is 10.2 Å². The number of carbonyl (C=O) groups is 3. The van der Waals surface area contributed by atoms with Gasteiger partial charge in [0.05, 0.1) is 29.0 Å². The molecule has 1 saturated heterocycles. The predicted octanol–water partition coefficient (Wildman–Crippen LogP) is 3.30. The second kappa shape index (κ2) is 9.76. The van der Waals surface area contributed by atoms with Crippen molar-refractivity contribution in [3.63, 3.8) is 0 Å². The first-order chi connectivity index (χ1) is 16.5. The number of benzene rings is 1. The van der Waals surface area contributed by atoms with E-state index in [0.717, 1.165) is 13.0 Å². The summed E-state index contributed by atoms with van der Waals surface area (Å²) >= 11 is 1.36. The van der Waals surface area contributed by atoms with Gasteiger partial charge >= 0.3 is 0 Å². The van der Waals surface area contributed by atoms with Gasteiger partial charge < -0.3 is 25.0 Å². The van der Waals surface area contributed by atoms with Crippen molar-refractivity contribution in [2.45, 2.75) is 50.4 Å². The minimum Gasteiger partial charge on any atom is -0.490 e. The third kappa shape index (κ3) is 5.10. The van der Waals surface area contributed by atoms with Crippen LogP contribution in [0.4, 0.5) is 5.69 Å². The molecule has 1 aromatic carbocycles. The summed E-state index contributed by atoms with van der Waals surface area (Å²) in [5, 5.41) is 7.69. The van der Waals surface area contributed by atoms with Crippen molar-refractivity contribution < 1.29 is 23.9 Å². The van der Waals surface area contributed by atoms with Crippen LogP contribution in [-0.2, 0) is 9.53 Å². The van der Waals surface area contributed by atoms with E-state index in [1.165, 1.54) is 24.2 Å². The van der Waals surface area contributed by atoms with Crippen LogP contribution in [0.2, 0.25) is 0 Å². The number of ether oxygens (including phenoxy) is 2. The minimum absolute atomic E-state index is 0.0222. The fourth-order valence-electron chi connectivity index (χ4n) is 4.56. The van der Waals surface area contributed by atoms with Gasteiger partial charge in [-0.05, 0) is 61.2 Å². The van der Waals surface area contributed by atoms with Crippen molar-refractivity contribution in [1.29, 1.82) is 0 Å². The lowest BCUT2D eigenvalue weighted by Crippen LogP contribution is -2.54. The average molecular weight is 484 g/mol. The Hall–Kier alpha value is -2.91. The molecule has 3 heterocycles. The first-order valence-corrected chi connectivity index (χ1v) is 12.7. The molecule has 0 spiro atoms. The topological polar surface area (TPSA) is 97.0 Å². The van der Waals surface area contributed by atoms with Crippen LogP contribution < -0.4 is 15.4 Å². The molecule has 1 aliphatic carbocycles. The largest absolute Gasteiger partial charge is 0.490 e. The lowest BCUT2D eigenvalue weighted by Gasteiger charge is -2.42. The maximum atomic E-state index is 13.3. The molecule has 3 amide bonds. The molecule has 0 radical (unpaired) electrons. The Morgan fingerprint density at radius 3 is 2.79 bits per heavy atom. The highest BCUT2D eigenvalue weighted by Gasteiger charge is 2.39. The summed E-state index contributed by atoms with van der Waals surface area (Å²) in [5.41, 5.74) is 0.947. The summed E-state index contributed by atoms with van der Waals surface area (Å²) in [4.78, 5) is 40.3. The second-order valence-corrected chi connectivity index (χ2v) is 10.2. The molecule has 2 aromatic rings. The predicted molar refractivity (Wildman–Crippen MR) is 128 cm³/mol. The van der Waals surface area contributed by atoms with E-state index in [-0.39, 0.29) is 42.6 Å². The van der Waals surface area contributed by atoms with Gasteiger partial charge in [-0.3, -0.25) is 14.4 Å². The molecule has 1 saturated carbocycles. The van der Waals surface area contributed by atoms with Gasteiger partial charge in [0, 0.05) is 19.3 Å². The molecule has 0 bridgehead atoms. The Balaban J connectivity index is 1.25. The number of thiophene rings is 1. The van der Waals surface area contributed by atoms with Gasteiger partial charge in [0.1, 0.15) is 18.5 Å². The first kappa shape index (κ1) is 22.9. The quantitative estimate of drug-likeness (QED) is 0.657. The number of hydrogen-bond acceptors (Lipinski definition) is 6. The highest BCUT2D eigenvalue weighted by atomic mass is 32.1. The molecule has 34 heavy (non-hydrogen) atoms. The number of amides is 3. The second-order valence-electron chi connectivity index (χ2n) is 9.26. The standard InChI is InChI=1S/C25H29N3O5S/c1-28-19-8-7-17(12-23(29)26-13-15-4-5-15)33-21(19)14-32-20-9-6-16(11-18(20)25(28)31)27-24(30)22-3-2-10-34-22/h2-3,6,9-11,15,17,19,21H,4-5,7-8,12-14H2,1H3,(H,26,29)(H,27,30)/t17-,19+,21-/m0/s1. The summed E-state index contributed by atoms with van der Waals surface area (Å²) in [7, 11) is 1.78. The molecular formula is C25H29N3O5S. The molecule has 3 atom stereocenters. The van der Waals surface area contributed by atoms with Gasteiger partial charge in [0.15, 0.2) is 0 Å². The summed E-state index contributed by atoms with van der Waals surface area (Å²) in [6.45, 7) is 1.04. The normalized spacial score (nSPS) is 24.2. The summed E-state index contributed by atoms with van der Waals surface area (Å²) in [5.74, 6) is 0.729. The smallest absolute Gasteiger partial charge is 0.265 e. The van der Waals surface area contributed by atoms with Crippen LogP contribution in [0.5, 0.6) is 5.75 Å². The fourth-order valence-corrected chi connectivity index (χ4v) is 5.18. The highest BCUT2D eigenvalue weighted by Crippen LogP contribution is 2.33. The van der Waals surface area contributed by atoms with Gasteiger partial charge in [-0.25, -0.2) is 0 Å². The van der Waals surface area contributed by atoms with Crippen molar-refractivity contribution in [3.8, 4) is 5.75 Å². The molecule has 8 nitrogen and oxygen atoms in total. The molecule has 2 aliphatic heterocycles. The van der Waals surface area contributed by atoms with Gasteiger partial charge in [0.2, 0.25) is 5.91 Å². The van der Waals surface area contributed by atoms with E-state index in [4.69, 9.17) is 9.47 Å². The molecule has 1 aromatic heterocycles. The zero-order valence-corrected chi connectivity index (χ0v) is 19.9. The van der Waals surface area contributed by atoms with E-state index in [2.05, 4.69) is 10.6 Å². The molecule has 180 valence electrons. The molecule has 3 aliphatic rings. The Kier molecular flexibility index (Phi) is 6.56. The van der Waals surface area contributed by atoms with Crippen molar-refractivity contribution in [2.75, 3.05) is 25.5 Å². The summed E-state index contributed by atoms with van der Waals surface area (Å²) in [6.07, 6.45) is 3.69. The van der Waals surface area contributed by atoms with Gasteiger partial charge in [-0.15, -0.1) is 11.3 Å². The Morgan fingerprint density at radius 1 is 1.18 bits per heavy atom. The van der Waals surface area contributed by atoms with Gasteiger partial charge in [0.25, 0.3) is 11.8 Å². The number of nitrogens with one attached hydrogen (secondary N) is 2. The average Bonchev–Trinajstić information content (AvgIpc) is 3.50. The highest BCUT2D eigenvalue weighted by molar-refractivity contribution is 7.12. The van der Waals surface area contributed by atoms with Crippen LogP contribution in [0.15, 0.2) is 35.7 Å². The maximum absolute atomic E-state index is 13.3. The zero-order valence-electron chi connectivity index (χ0n) is 19.1. The van der Waals surface area contributed by atoms with E-state index in [1.54, 1.807) is 36.2 Å². The SMILES string of the molecule is CN1C(=O)c2cc(NC(=O)c3cccs3)ccc2OC[C@@H]2O[C@H](CC(=O)NCC3CC3)CC[C@H]21. The molecule has 2 N–H and O–H groups in total. The van der Waals surface area contributed by atoms with E-state index in [0.29, 0.717) is 40.6 Å². The zero-order chi connectivity index (χ0) is 23.7. The van der Waals surface area contributed by atoms with E-state index in [9.17, 15) is 14.4 Å². The Labute approximate surface area is 202 Å². The summed E-state index contributed by atoms with van der Waals surface area (Å²) < 4.78 is 12.2.